The Labute approximate surface area is 151 Å². The Morgan fingerprint density at radius 1 is 1.36 bits per heavy atom. The number of halogens is 1. The average Bonchev–Trinajstić information content (AvgIpc) is 2.95. The molecule has 1 aromatic carbocycles. The van der Waals surface area contributed by atoms with Crippen molar-refractivity contribution in [1.29, 1.82) is 0 Å². The van der Waals surface area contributed by atoms with Gasteiger partial charge in [0.05, 0.1) is 36.0 Å². The Hall–Kier alpha value is -2.05. The summed E-state index contributed by atoms with van der Waals surface area (Å²) < 4.78 is 11.6. The number of likely N-dealkylation sites (tertiary alicyclic amines) is 1. The second kappa shape index (κ2) is 6.35. The van der Waals surface area contributed by atoms with E-state index in [2.05, 4.69) is 10.2 Å². The maximum absolute atomic E-state index is 12.8. The molecule has 0 spiro atoms. The summed E-state index contributed by atoms with van der Waals surface area (Å²) in [7, 11) is 0. The number of aromatic nitrogens is 2. The molecule has 0 radical (unpaired) electrons. The minimum absolute atomic E-state index is 0.0419. The third-order valence-electron chi connectivity index (χ3n) is 4.70. The number of hydrogen-bond acceptors (Lipinski definition) is 4. The molecule has 0 aliphatic carbocycles. The number of fused-ring (bicyclic) bond motifs is 1. The van der Waals surface area contributed by atoms with E-state index in [4.69, 9.17) is 21.1 Å². The minimum Gasteiger partial charge on any atom is -0.485 e. The molecule has 1 aromatic heterocycles. The van der Waals surface area contributed by atoms with Gasteiger partial charge in [-0.1, -0.05) is 23.7 Å². The number of hydrogen-bond donors (Lipinski definition) is 1. The van der Waals surface area contributed by atoms with Crippen LogP contribution in [0.4, 0.5) is 0 Å². The smallest absolute Gasteiger partial charge is 0.274 e. The topological polar surface area (TPSA) is 67.5 Å². The maximum atomic E-state index is 12.8. The van der Waals surface area contributed by atoms with Crippen LogP contribution in [0.1, 0.15) is 41.7 Å². The number of aromatic amines is 1. The Balaban J connectivity index is 1.42. The first-order valence-electron chi connectivity index (χ1n) is 8.46. The lowest BCUT2D eigenvalue weighted by atomic mass is 9.98. The van der Waals surface area contributed by atoms with E-state index in [-0.39, 0.29) is 24.2 Å². The standard InChI is InChI=1S/C18H20ClN3O3/c1-10-7-13-16(11(2)24-10)20-21-17(13)18(23)22-8-12(9-22)25-15-6-4-3-5-14(15)19/h3-6,10-12H,7-9H2,1-2H3,(H,20,21)/t10-,11+/m1/s1. The number of para-hydroxylation sites is 1. The fraction of sp³-hybridized carbons (Fsp3) is 0.444. The number of ether oxygens (including phenoxy) is 2. The molecule has 2 atom stereocenters. The van der Waals surface area contributed by atoms with Crippen LogP contribution in [-0.2, 0) is 11.2 Å². The minimum atomic E-state index is -0.0690. The number of H-pyrrole nitrogens is 1. The molecule has 25 heavy (non-hydrogen) atoms. The molecule has 1 saturated heterocycles. The average molecular weight is 362 g/mol. The zero-order chi connectivity index (χ0) is 17.6. The van der Waals surface area contributed by atoms with Crippen molar-refractivity contribution in [3.8, 4) is 5.75 Å². The van der Waals surface area contributed by atoms with Crippen LogP contribution >= 0.6 is 11.6 Å². The van der Waals surface area contributed by atoms with Crippen LogP contribution < -0.4 is 4.74 Å². The van der Waals surface area contributed by atoms with Gasteiger partial charge >= 0.3 is 0 Å². The normalized spacial score (nSPS) is 23.1. The second-order valence-corrected chi connectivity index (χ2v) is 7.05. The molecule has 6 nitrogen and oxygen atoms in total. The molecule has 0 unspecified atom stereocenters. The van der Waals surface area contributed by atoms with Crippen LogP contribution in [0, 0.1) is 0 Å². The van der Waals surface area contributed by atoms with E-state index in [9.17, 15) is 4.79 Å². The molecule has 2 aliphatic heterocycles. The number of nitrogens with zero attached hydrogens (tertiary/aromatic N) is 2. The van der Waals surface area contributed by atoms with Crippen molar-refractivity contribution in [1.82, 2.24) is 15.1 Å². The number of carbonyl (C=O) groups excluding carboxylic acids is 1. The lowest BCUT2D eigenvalue weighted by molar-refractivity contribution is -0.00729. The largest absolute Gasteiger partial charge is 0.485 e. The van der Waals surface area contributed by atoms with Crippen LogP contribution in [0.25, 0.3) is 0 Å². The van der Waals surface area contributed by atoms with Gasteiger partial charge in [-0.05, 0) is 26.0 Å². The first kappa shape index (κ1) is 16.4. The summed E-state index contributed by atoms with van der Waals surface area (Å²) in [5.41, 5.74) is 2.39. The molecule has 2 aliphatic rings. The molecule has 0 saturated carbocycles. The molecular formula is C18H20ClN3O3. The number of carbonyl (C=O) groups is 1. The van der Waals surface area contributed by atoms with Gasteiger partial charge < -0.3 is 14.4 Å². The fourth-order valence-electron chi connectivity index (χ4n) is 3.40. The first-order chi connectivity index (χ1) is 12.0. The van der Waals surface area contributed by atoms with Gasteiger partial charge in [0.1, 0.15) is 11.9 Å². The fourth-order valence-corrected chi connectivity index (χ4v) is 3.58. The van der Waals surface area contributed by atoms with E-state index in [1.54, 1.807) is 11.0 Å². The molecule has 7 heteroatoms. The summed E-state index contributed by atoms with van der Waals surface area (Å²) in [6, 6.07) is 7.36. The number of nitrogens with one attached hydrogen (secondary N) is 1. The lowest BCUT2D eigenvalue weighted by Gasteiger charge is -2.39. The van der Waals surface area contributed by atoms with E-state index in [1.807, 2.05) is 32.0 Å². The van der Waals surface area contributed by atoms with Gasteiger partial charge in [-0.25, -0.2) is 0 Å². The van der Waals surface area contributed by atoms with E-state index in [0.29, 0.717) is 36.0 Å². The molecule has 3 heterocycles. The van der Waals surface area contributed by atoms with E-state index in [0.717, 1.165) is 11.3 Å². The summed E-state index contributed by atoms with van der Waals surface area (Å²) >= 11 is 6.10. The number of amides is 1. The van der Waals surface area contributed by atoms with Crippen LogP contribution in [0.3, 0.4) is 0 Å². The first-order valence-corrected chi connectivity index (χ1v) is 8.83. The van der Waals surface area contributed by atoms with Gasteiger partial charge in [0.15, 0.2) is 5.69 Å². The Morgan fingerprint density at radius 3 is 2.88 bits per heavy atom. The molecule has 1 N–H and O–H groups in total. The van der Waals surface area contributed by atoms with Crippen LogP contribution in [-0.4, -0.2) is 46.3 Å². The quantitative estimate of drug-likeness (QED) is 0.912. The van der Waals surface area contributed by atoms with Gasteiger partial charge in [-0.2, -0.15) is 5.10 Å². The van der Waals surface area contributed by atoms with E-state index < -0.39 is 0 Å². The number of benzene rings is 1. The predicted octanol–water partition coefficient (Wildman–Crippen LogP) is 2.99. The molecule has 2 aromatic rings. The second-order valence-electron chi connectivity index (χ2n) is 6.64. The zero-order valence-corrected chi connectivity index (χ0v) is 14.9. The summed E-state index contributed by atoms with van der Waals surface area (Å²) in [6.45, 7) is 5.05. The van der Waals surface area contributed by atoms with Gasteiger partial charge in [-0.3, -0.25) is 9.89 Å². The van der Waals surface area contributed by atoms with Crippen molar-refractivity contribution in [2.24, 2.45) is 0 Å². The SMILES string of the molecule is C[C@@H]1Cc2c(C(=O)N3CC(Oc4ccccc4Cl)C3)n[nH]c2[C@H](C)O1. The highest BCUT2D eigenvalue weighted by Crippen LogP contribution is 2.32. The van der Waals surface area contributed by atoms with Crippen molar-refractivity contribution in [3.63, 3.8) is 0 Å². The van der Waals surface area contributed by atoms with Gasteiger partial charge in [0, 0.05) is 12.0 Å². The third kappa shape index (κ3) is 3.00. The number of rotatable bonds is 3. The highest BCUT2D eigenvalue weighted by molar-refractivity contribution is 6.32. The molecule has 1 fully saturated rings. The van der Waals surface area contributed by atoms with Crippen molar-refractivity contribution in [2.75, 3.05) is 13.1 Å². The molecular weight excluding hydrogens is 342 g/mol. The molecule has 1 amide bonds. The molecule has 4 rings (SSSR count). The highest BCUT2D eigenvalue weighted by atomic mass is 35.5. The molecule has 0 bridgehead atoms. The Bertz CT molecular complexity index is 801. The van der Waals surface area contributed by atoms with Crippen LogP contribution in [0.15, 0.2) is 24.3 Å². The predicted molar refractivity (Wildman–Crippen MR) is 93.0 cm³/mol. The monoisotopic (exact) mass is 361 g/mol. The van der Waals surface area contributed by atoms with Gasteiger partial charge in [0.25, 0.3) is 5.91 Å². The van der Waals surface area contributed by atoms with Crippen molar-refractivity contribution in [2.45, 2.75) is 38.6 Å². The molecule has 132 valence electrons. The van der Waals surface area contributed by atoms with Crippen molar-refractivity contribution in [3.05, 3.63) is 46.2 Å². The summed E-state index contributed by atoms with van der Waals surface area (Å²) in [4.78, 5) is 14.5. The summed E-state index contributed by atoms with van der Waals surface area (Å²) in [6.07, 6.45) is 0.671. The highest BCUT2D eigenvalue weighted by Gasteiger charge is 2.37. The van der Waals surface area contributed by atoms with E-state index >= 15 is 0 Å². The van der Waals surface area contributed by atoms with Crippen LogP contribution in [0.2, 0.25) is 5.02 Å². The lowest BCUT2D eigenvalue weighted by Crippen LogP contribution is -2.56. The van der Waals surface area contributed by atoms with Gasteiger partial charge in [0.2, 0.25) is 0 Å². The third-order valence-corrected chi connectivity index (χ3v) is 5.01. The zero-order valence-electron chi connectivity index (χ0n) is 14.2. The van der Waals surface area contributed by atoms with Crippen molar-refractivity contribution < 1.29 is 14.3 Å². The maximum Gasteiger partial charge on any atom is 0.274 e. The Morgan fingerprint density at radius 2 is 2.12 bits per heavy atom. The van der Waals surface area contributed by atoms with Crippen LogP contribution in [0.5, 0.6) is 5.75 Å². The summed E-state index contributed by atoms with van der Waals surface area (Å²) in [5, 5.41) is 7.80. The van der Waals surface area contributed by atoms with Gasteiger partial charge in [-0.15, -0.1) is 0 Å². The summed E-state index contributed by atoms with van der Waals surface area (Å²) in [5.74, 6) is 0.594. The van der Waals surface area contributed by atoms with E-state index in [1.165, 1.54) is 0 Å². The van der Waals surface area contributed by atoms with Crippen molar-refractivity contribution >= 4 is 17.5 Å². The Kier molecular flexibility index (Phi) is 4.17.